The van der Waals surface area contributed by atoms with Gasteiger partial charge in [0.25, 0.3) is 0 Å². The highest BCUT2D eigenvalue weighted by molar-refractivity contribution is 5.80. The predicted octanol–water partition coefficient (Wildman–Crippen LogP) is 2.74. The number of benzene rings is 1. The largest absolute Gasteiger partial charge is 0.444 e. The van der Waals surface area contributed by atoms with Crippen molar-refractivity contribution in [1.29, 1.82) is 0 Å². The van der Waals surface area contributed by atoms with Gasteiger partial charge in [0.15, 0.2) is 0 Å². The van der Waals surface area contributed by atoms with Crippen LogP contribution in [0.5, 0.6) is 0 Å². The van der Waals surface area contributed by atoms with Gasteiger partial charge >= 0.3 is 11.7 Å². The molecule has 1 amide bonds. The maximum absolute atomic E-state index is 12.1. The summed E-state index contributed by atoms with van der Waals surface area (Å²) in [5.74, 6) is 0. The monoisotopic (exact) mass is 401 g/mol. The number of carbonyl (C=O) groups excluding carboxylic acids is 1. The fraction of sp³-hybridized carbons (Fsp3) is 0.545. The van der Waals surface area contributed by atoms with Gasteiger partial charge in [-0.1, -0.05) is 12.1 Å². The van der Waals surface area contributed by atoms with E-state index in [0.29, 0.717) is 18.7 Å². The lowest BCUT2D eigenvalue weighted by atomic mass is 10.1. The van der Waals surface area contributed by atoms with Crippen molar-refractivity contribution < 1.29 is 13.9 Å². The zero-order valence-corrected chi connectivity index (χ0v) is 17.9. The fourth-order valence-corrected chi connectivity index (χ4v) is 3.65. The fourth-order valence-electron chi connectivity index (χ4n) is 3.65. The summed E-state index contributed by atoms with van der Waals surface area (Å²) in [4.78, 5) is 28.7. The van der Waals surface area contributed by atoms with Crippen LogP contribution in [0.3, 0.4) is 0 Å². The minimum atomic E-state index is -0.526. The summed E-state index contributed by atoms with van der Waals surface area (Å²) in [5, 5.41) is 3.84. The molecule has 29 heavy (non-hydrogen) atoms. The summed E-state index contributed by atoms with van der Waals surface area (Å²) in [6, 6.07) is 7.62. The third kappa shape index (κ3) is 5.81. The molecule has 0 bridgehead atoms. The van der Waals surface area contributed by atoms with E-state index in [9.17, 15) is 9.59 Å². The van der Waals surface area contributed by atoms with Crippen LogP contribution in [0.1, 0.15) is 31.9 Å². The third-order valence-electron chi connectivity index (χ3n) is 5.05. The summed E-state index contributed by atoms with van der Waals surface area (Å²) in [5.41, 5.74) is 1.75. The number of hydrogen-bond acceptors (Lipinski definition) is 6. The smallest absolute Gasteiger partial charge is 0.407 e. The van der Waals surface area contributed by atoms with Crippen LogP contribution in [0.2, 0.25) is 0 Å². The lowest BCUT2D eigenvalue weighted by Crippen LogP contribution is -2.55. The Bertz CT molecular complexity index is 932. The molecular formula is C22H31N3O4. The first-order valence-corrected chi connectivity index (χ1v) is 10.0. The Hall–Kier alpha value is -2.38. The lowest BCUT2D eigenvalue weighted by molar-refractivity contribution is 0.0454. The number of alkyl carbamates (subject to hydrolysis) is 1. The summed E-state index contributed by atoms with van der Waals surface area (Å²) in [6.07, 6.45) is -0.410. The van der Waals surface area contributed by atoms with Crippen molar-refractivity contribution in [2.45, 2.75) is 45.9 Å². The average molecular weight is 402 g/mol. The standard InChI is InChI=1S/C22H31N3O4/c1-15-6-7-18-16(11-20(26)28-19(18)10-15)13-25-9-8-24(5)14-17(25)12-23-21(27)29-22(2,3)4/h6-7,10-11,17H,8-9,12-14H2,1-5H3,(H,23,27)/t17-/m1/s1. The first-order valence-electron chi connectivity index (χ1n) is 10.0. The van der Waals surface area contributed by atoms with Gasteiger partial charge < -0.3 is 19.4 Å². The van der Waals surface area contributed by atoms with E-state index in [1.807, 2.05) is 45.9 Å². The Morgan fingerprint density at radius 1 is 1.28 bits per heavy atom. The second-order valence-corrected chi connectivity index (χ2v) is 8.86. The highest BCUT2D eigenvalue weighted by Gasteiger charge is 2.27. The van der Waals surface area contributed by atoms with Crippen LogP contribution in [0.4, 0.5) is 4.79 Å². The maximum Gasteiger partial charge on any atom is 0.407 e. The molecule has 7 heteroatoms. The van der Waals surface area contributed by atoms with Crippen molar-refractivity contribution in [3.8, 4) is 0 Å². The zero-order chi connectivity index (χ0) is 21.2. The molecule has 7 nitrogen and oxygen atoms in total. The van der Waals surface area contributed by atoms with Crippen LogP contribution in [0, 0.1) is 6.92 Å². The molecule has 0 spiro atoms. The quantitative estimate of drug-likeness (QED) is 0.794. The van der Waals surface area contributed by atoms with E-state index in [-0.39, 0.29) is 11.7 Å². The van der Waals surface area contributed by atoms with Crippen LogP contribution in [0.15, 0.2) is 33.5 Å². The molecule has 0 unspecified atom stereocenters. The first kappa shape index (κ1) is 21.3. The first-order chi connectivity index (χ1) is 13.6. The number of likely N-dealkylation sites (N-methyl/N-ethyl adjacent to an activating group) is 1. The van der Waals surface area contributed by atoms with E-state index in [1.54, 1.807) is 6.07 Å². The molecule has 1 fully saturated rings. The number of ether oxygens (including phenoxy) is 1. The molecule has 3 rings (SSSR count). The third-order valence-corrected chi connectivity index (χ3v) is 5.05. The lowest BCUT2D eigenvalue weighted by Gasteiger charge is -2.40. The van der Waals surface area contributed by atoms with Gasteiger partial charge in [0.2, 0.25) is 0 Å². The predicted molar refractivity (Wildman–Crippen MR) is 113 cm³/mol. The number of hydrogen-bond donors (Lipinski definition) is 1. The average Bonchev–Trinajstić information content (AvgIpc) is 2.59. The van der Waals surface area contributed by atoms with Gasteiger partial charge in [0.05, 0.1) is 0 Å². The van der Waals surface area contributed by atoms with Crippen molar-refractivity contribution in [2.24, 2.45) is 0 Å². The van der Waals surface area contributed by atoms with Crippen LogP contribution in [-0.2, 0) is 11.3 Å². The normalized spacial score (nSPS) is 18.7. The van der Waals surface area contributed by atoms with Crippen LogP contribution < -0.4 is 10.9 Å². The van der Waals surface area contributed by atoms with Crippen molar-refractivity contribution in [1.82, 2.24) is 15.1 Å². The number of aryl methyl sites for hydroxylation is 1. The zero-order valence-electron chi connectivity index (χ0n) is 17.9. The molecule has 0 aliphatic carbocycles. The van der Waals surface area contributed by atoms with E-state index in [2.05, 4.69) is 22.2 Å². The number of nitrogens with one attached hydrogen (secondary N) is 1. The Morgan fingerprint density at radius 2 is 2.03 bits per heavy atom. The minimum absolute atomic E-state index is 0.119. The molecular weight excluding hydrogens is 370 g/mol. The van der Waals surface area contributed by atoms with Gasteiger partial charge in [-0.15, -0.1) is 0 Å². The second kappa shape index (κ2) is 8.55. The van der Waals surface area contributed by atoms with Crippen molar-refractivity contribution >= 4 is 17.1 Å². The van der Waals surface area contributed by atoms with Gasteiger partial charge in [-0.05, 0) is 51.9 Å². The number of rotatable bonds is 4. The minimum Gasteiger partial charge on any atom is -0.444 e. The molecule has 1 aromatic heterocycles. The van der Waals surface area contributed by atoms with Crippen molar-refractivity contribution in [3.05, 3.63) is 45.8 Å². The molecule has 0 saturated carbocycles. The summed E-state index contributed by atoms with van der Waals surface area (Å²) in [7, 11) is 2.08. The Balaban J connectivity index is 1.77. The number of fused-ring (bicyclic) bond motifs is 1. The van der Waals surface area contributed by atoms with Crippen molar-refractivity contribution in [2.75, 3.05) is 33.2 Å². The van der Waals surface area contributed by atoms with Gasteiger partial charge in [-0.25, -0.2) is 9.59 Å². The molecule has 1 aliphatic heterocycles. The van der Waals surface area contributed by atoms with Crippen LogP contribution in [0.25, 0.3) is 11.0 Å². The highest BCUT2D eigenvalue weighted by Crippen LogP contribution is 2.22. The number of piperazine rings is 1. The van der Waals surface area contributed by atoms with E-state index in [1.165, 1.54) is 0 Å². The SMILES string of the molecule is Cc1ccc2c(CN3CCN(C)C[C@H]3CNC(=O)OC(C)(C)C)cc(=O)oc2c1. The van der Waals surface area contributed by atoms with Gasteiger partial charge in [0.1, 0.15) is 11.2 Å². The molecule has 2 heterocycles. The highest BCUT2D eigenvalue weighted by atomic mass is 16.6. The Labute approximate surface area is 171 Å². The molecule has 0 radical (unpaired) electrons. The van der Waals surface area contributed by atoms with E-state index >= 15 is 0 Å². The molecule has 1 saturated heterocycles. The number of amides is 1. The Kier molecular flexibility index (Phi) is 6.29. The summed E-state index contributed by atoms with van der Waals surface area (Å²) in [6.45, 7) is 11.2. The molecule has 1 atom stereocenters. The molecule has 2 aromatic rings. The van der Waals surface area contributed by atoms with Gasteiger partial charge in [-0.3, -0.25) is 4.90 Å². The molecule has 158 valence electrons. The maximum atomic E-state index is 12.1. The van der Waals surface area contributed by atoms with Gasteiger partial charge in [0, 0.05) is 50.2 Å². The van der Waals surface area contributed by atoms with E-state index in [4.69, 9.17) is 9.15 Å². The van der Waals surface area contributed by atoms with E-state index in [0.717, 1.165) is 36.1 Å². The molecule has 1 aliphatic rings. The molecule has 1 aromatic carbocycles. The van der Waals surface area contributed by atoms with Gasteiger partial charge in [-0.2, -0.15) is 0 Å². The summed E-state index contributed by atoms with van der Waals surface area (Å²) >= 11 is 0. The molecule has 1 N–H and O–H groups in total. The Morgan fingerprint density at radius 3 is 2.76 bits per heavy atom. The van der Waals surface area contributed by atoms with Crippen molar-refractivity contribution in [3.63, 3.8) is 0 Å². The van der Waals surface area contributed by atoms with Crippen LogP contribution in [-0.4, -0.2) is 60.8 Å². The number of nitrogens with zero attached hydrogens (tertiary/aromatic N) is 2. The second-order valence-electron chi connectivity index (χ2n) is 8.86. The number of carbonyl (C=O) groups is 1. The van der Waals surface area contributed by atoms with Crippen LogP contribution >= 0.6 is 0 Å². The van der Waals surface area contributed by atoms with E-state index < -0.39 is 11.7 Å². The summed E-state index contributed by atoms with van der Waals surface area (Å²) < 4.78 is 10.7. The topological polar surface area (TPSA) is 75.0 Å².